The molecule has 0 atom stereocenters. The first kappa shape index (κ1) is 10.7. The predicted molar refractivity (Wildman–Crippen MR) is 50.3 cm³/mol. The van der Waals surface area contributed by atoms with Gasteiger partial charge in [0, 0.05) is 0 Å². The molecule has 64 valence electrons. The van der Waals surface area contributed by atoms with Gasteiger partial charge in [-0.3, -0.25) is 0 Å². The zero-order valence-corrected chi connectivity index (χ0v) is 7.47. The van der Waals surface area contributed by atoms with Crippen LogP contribution in [0.1, 0.15) is 19.4 Å². The number of aryl methyl sites for hydroxylation is 1. The van der Waals surface area contributed by atoms with Gasteiger partial charge in [-0.05, 0) is 31.0 Å². The maximum atomic E-state index is 12.2. The number of rotatable bonds is 1. The van der Waals surface area contributed by atoms with Crippen LogP contribution in [-0.4, -0.2) is 0 Å². The molecule has 12 heavy (non-hydrogen) atoms. The molecule has 0 radical (unpaired) electrons. The summed E-state index contributed by atoms with van der Waals surface area (Å²) < 4.78 is 12.2. The van der Waals surface area contributed by atoms with Gasteiger partial charge in [0.25, 0.3) is 0 Å². The zero-order chi connectivity index (χ0) is 9.40. The van der Waals surface area contributed by atoms with Crippen molar-refractivity contribution < 1.29 is 4.39 Å². The maximum absolute atomic E-state index is 12.2. The highest BCUT2D eigenvalue weighted by Gasteiger charge is 1.87. The summed E-state index contributed by atoms with van der Waals surface area (Å²) in [6.07, 6.45) is 5.57. The summed E-state index contributed by atoms with van der Waals surface area (Å²) in [7, 11) is 0. The molecule has 0 N–H and O–H groups in total. The van der Waals surface area contributed by atoms with E-state index in [1.807, 2.05) is 6.92 Å². The third-order valence-electron chi connectivity index (χ3n) is 1.32. The van der Waals surface area contributed by atoms with Crippen molar-refractivity contribution in [3.8, 4) is 12.3 Å². The molecule has 0 aliphatic heterocycles. The van der Waals surface area contributed by atoms with Gasteiger partial charge < -0.3 is 0 Å². The van der Waals surface area contributed by atoms with Gasteiger partial charge in [-0.15, -0.1) is 12.3 Å². The number of halogens is 1. The van der Waals surface area contributed by atoms with Crippen LogP contribution in [0.15, 0.2) is 24.3 Å². The molecule has 0 aliphatic carbocycles. The summed E-state index contributed by atoms with van der Waals surface area (Å²) >= 11 is 0. The lowest BCUT2D eigenvalue weighted by Gasteiger charge is -1.92. The highest BCUT2D eigenvalue weighted by molar-refractivity contribution is 5.15. The first-order valence-corrected chi connectivity index (χ1v) is 3.86. The zero-order valence-electron chi connectivity index (χ0n) is 7.47. The Morgan fingerprint density at radius 3 is 2.08 bits per heavy atom. The van der Waals surface area contributed by atoms with E-state index in [4.69, 9.17) is 0 Å². The summed E-state index contributed by atoms with van der Waals surface area (Å²) in [6, 6.07) is 6.57. The molecule has 1 aromatic carbocycles. The minimum Gasteiger partial charge on any atom is -0.207 e. The lowest BCUT2D eigenvalue weighted by molar-refractivity contribution is 0.627. The fraction of sp³-hybridized carbons (Fsp3) is 0.273. The Morgan fingerprint density at radius 2 is 1.75 bits per heavy atom. The summed E-state index contributed by atoms with van der Waals surface area (Å²) in [4.78, 5) is 0. The molecule has 0 aliphatic rings. The first-order chi connectivity index (χ1) is 5.74. The second-order valence-corrected chi connectivity index (χ2v) is 2.27. The topological polar surface area (TPSA) is 0 Å². The van der Waals surface area contributed by atoms with E-state index in [0.29, 0.717) is 0 Å². The average molecular weight is 164 g/mol. The van der Waals surface area contributed by atoms with Crippen LogP contribution < -0.4 is 0 Å². The SMILES string of the molecule is C#CC.CCc1ccc(F)cc1. The molecule has 0 amide bonds. The molecule has 0 aromatic heterocycles. The van der Waals surface area contributed by atoms with Gasteiger partial charge in [-0.2, -0.15) is 0 Å². The number of terminal acetylenes is 1. The van der Waals surface area contributed by atoms with Crippen LogP contribution in [0.5, 0.6) is 0 Å². The van der Waals surface area contributed by atoms with E-state index in [1.54, 1.807) is 19.1 Å². The van der Waals surface area contributed by atoms with Gasteiger partial charge in [0.1, 0.15) is 5.82 Å². The lowest BCUT2D eigenvalue weighted by atomic mass is 10.2. The Hall–Kier alpha value is -1.29. The molecule has 0 saturated heterocycles. The van der Waals surface area contributed by atoms with Crippen LogP contribution in [0.25, 0.3) is 0 Å². The molecule has 1 aromatic rings. The summed E-state index contributed by atoms with van der Waals surface area (Å²) in [6.45, 7) is 3.70. The quantitative estimate of drug-likeness (QED) is 0.560. The predicted octanol–water partition coefficient (Wildman–Crippen LogP) is 3.03. The average Bonchev–Trinajstić information content (AvgIpc) is 2.07. The molecule has 0 nitrogen and oxygen atoms in total. The molecule has 0 bridgehead atoms. The summed E-state index contributed by atoms with van der Waals surface area (Å²) in [5.41, 5.74) is 1.18. The standard InChI is InChI=1S/C8H9F.C3H4/c1-2-7-3-5-8(9)6-4-7;1-3-2/h3-6H,2H2,1H3;1H,2H3. The first-order valence-electron chi connectivity index (χ1n) is 3.86. The molecule has 0 saturated carbocycles. The van der Waals surface area contributed by atoms with Crippen molar-refractivity contribution >= 4 is 0 Å². The smallest absolute Gasteiger partial charge is 0.123 e. The van der Waals surface area contributed by atoms with Crippen molar-refractivity contribution in [1.82, 2.24) is 0 Å². The maximum Gasteiger partial charge on any atom is 0.123 e. The van der Waals surface area contributed by atoms with Crippen molar-refractivity contribution in [2.45, 2.75) is 20.3 Å². The summed E-state index contributed by atoms with van der Waals surface area (Å²) in [5.74, 6) is 2.09. The molecule has 0 fully saturated rings. The minimum atomic E-state index is -0.160. The van der Waals surface area contributed by atoms with Crippen LogP contribution in [0.4, 0.5) is 4.39 Å². The molecule has 0 heterocycles. The molecular formula is C11H13F. The van der Waals surface area contributed by atoms with Crippen LogP contribution in [-0.2, 0) is 6.42 Å². The van der Waals surface area contributed by atoms with E-state index < -0.39 is 0 Å². The number of hydrogen-bond acceptors (Lipinski definition) is 0. The van der Waals surface area contributed by atoms with Gasteiger partial charge in [-0.25, -0.2) is 4.39 Å². The number of hydrogen-bond donors (Lipinski definition) is 0. The Kier molecular flexibility index (Phi) is 5.73. The van der Waals surface area contributed by atoms with Crippen molar-refractivity contribution in [1.29, 1.82) is 0 Å². The van der Waals surface area contributed by atoms with Crippen LogP contribution in [0.2, 0.25) is 0 Å². The van der Waals surface area contributed by atoms with E-state index in [2.05, 4.69) is 12.3 Å². The minimum absolute atomic E-state index is 0.160. The van der Waals surface area contributed by atoms with Crippen LogP contribution in [0.3, 0.4) is 0 Å². The van der Waals surface area contributed by atoms with Gasteiger partial charge >= 0.3 is 0 Å². The van der Waals surface area contributed by atoms with Gasteiger partial charge in [0.15, 0.2) is 0 Å². The fourth-order valence-electron chi connectivity index (χ4n) is 0.720. The molecular weight excluding hydrogens is 151 g/mol. The van der Waals surface area contributed by atoms with E-state index in [-0.39, 0.29) is 5.82 Å². The highest BCUT2D eigenvalue weighted by Crippen LogP contribution is 2.01. The fourth-order valence-corrected chi connectivity index (χ4v) is 0.720. The van der Waals surface area contributed by atoms with E-state index in [1.165, 1.54) is 17.7 Å². The van der Waals surface area contributed by atoms with Crippen LogP contribution in [0, 0.1) is 18.2 Å². The van der Waals surface area contributed by atoms with Crippen molar-refractivity contribution in [3.63, 3.8) is 0 Å². The molecule has 0 spiro atoms. The van der Waals surface area contributed by atoms with Gasteiger partial charge in [0.2, 0.25) is 0 Å². The van der Waals surface area contributed by atoms with E-state index >= 15 is 0 Å². The largest absolute Gasteiger partial charge is 0.207 e. The second kappa shape index (κ2) is 6.42. The van der Waals surface area contributed by atoms with E-state index in [9.17, 15) is 4.39 Å². The summed E-state index contributed by atoms with van der Waals surface area (Å²) in [5, 5.41) is 0. The van der Waals surface area contributed by atoms with Crippen LogP contribution >= 0.6 is 0 Å². The van der Waals surface area contributed by atoms with Gasteiger partial charge in [0.05, 0.1) is 0 Å². The number of benzene rings is 1. The Labute approximate surface area is 73.4 Å². The van der Waals surface area contributed by atoms with Crippen molar-refractivity contribution in [3.05, 3.63) is 35.6 Å². The monoisotopic (exact) mass is 164 g/mol. The third kappa shape index (κ3) is 4.51. The Bertz CT molecular complexity index is 241. The lowest BCUT2D eigenvalue weighted by Crippen LogP contribution is -1.78. The van der Waals surface area contributed by atoms with Gasteiger partial charge in [-0.1, -0.05) is 19.1 Å². The third-order valence-corrected chi connectivity index (χ3v) is 1.32. The Morgan fingerprint density at radius 1 is 1.33 bits per heavy atom. The highest BCUT2D eigenvalue weighted by atomic mass is 19.1. The van der Waals surface area contributed by atoms with Crippen molar-refractivity contribution in [2.24, 2.45) is 0 Å². The second-order valence-electron chi connectivity index (χ2n) is 2.27. The molecule has 1 heteroatoms. The Balaban J connectivity index is 0.000000354. The molecule has 1 rings (SSSR count). The normalized spacial score (nSPS) is 7.83. The van der Waals surface area contributed by atoms with E-state index in [0.717, 1.165) is 6.42 Å². The molecule has 0 unspecified atom stereocenters. The van der Waals surface area contributed by atoms with Crippen molar-refractivity contribution in [2.75, 3.05) is 0 Å².